The number of halogens is 3. The summed E-state index contributed by atoms with van der Waals surface area (Å²) in [6.07, 6.45) is -2.48. The Morgan fingerprint density at radius 1 is 1.18 bits per heavy atom. The summed E-state index contributed by atoms with van der Waals surface area (Å²) in [4.78, 5) is 12.1. The number of hydrazone groups is 1. The molecule has 0 unspecified atom stereocenters. The number of carbonyl (C=O) groups excluding carboxylic acids is 1. The van der Waals surface area contributed by atoms with Gasteiger partial charge in [-0.05, 0) is 42.3 Å². The van der Waals surface area contributed by atoms with Gasteiger partial charge in [-0.15, -0.1) is 0 Å². The third kappa shape index (κ3) is 6.08. The van der Waals surface area contributed by atoms with E-state index in [1.165, 1.54) is 12.1 Å². The van der Waals surface area contributed by atoms with E-state index in [0.29, 0.717) is 5.69 Å². The molecule has 0 heterocycles. The van der Waals surface area contributed by atoms with Gasteiger partial charge >= 0.3 is 6.18 Å². The average molecular weight is 413 g/mol. The van der Waals surface area contributed by atoms with Gasteiger partial charge in [-0.3, -0.25) is 9.10 Å². The number of benzene rings is 2. The van der Waals surface area contributed by atoms with Crippen LogP contribution in [0.1, 0.15) is 16.7 Å². The molecule has 0 spiro atoms. The number of amides is 1. The SMILES string of the molecule is Cc1cccc(N(CC(=O)N/N=C\c2cccc(C(F)(F)F)c2)S(C)(=O)=O)c1. The molecule has 1 amide bonds. The van der Waals surface area contributed by atoms with Gasteiger partial charge in [0.05, 0.1) is 23.7 Å². The highest BCUT2D eigenvalue weighted by Crippen LogP contribution is 2.29. The van der Waals surface area contributed by atoms with Gasteiger partial charge in [-0.1, -0.05) is 24.3 Å². The van der Waals surface area contributed by atoms with Crippen LogP contribution in [0.5, 0.6) is 0 Å². The van der Waals surface area contributed by atoms with E-state index in [4.69, 9.17) is 0 Å². The number of carbonyl (C=O) groups is 1. The Balaban J connectivity index is 2.09. The first-order valence-corrected chi connectivity index (χ1v) is 9.85. The molecule has 2 aromatic rings. The summed E-state index contributed by atoms with van der Waals surface area (Å²) >= 11 is 0. The Labute approximate surface area is 160 Å². The van der Waals surface area contributed by atoms with E-state index >= 15 is 0 Å². The van der Waals surface area contributed by atoms with Crippen molar-refractivity contribution in [1.82, 2.24) is 5.43 Å². The fourth-order valence-electron chi connectivity index (χ4n) is 2.32. The zero-order valence-electron chi connectivity index (χ0n) is 15.1. The van der Waals surface area contributed by atoms with Crippen LogP contribution in [0.25, 0.3) is 0 Å². The van der Waals surface area contributed by atoms with Crippen LogP contribution >= 0.6 is 0 Å². The molecule has 1 N–H and O–H groups in total. The Kier molecular flexibility index (Phi) is 6.45. The molecule has 2 rings (SSSR count). The van der Waals surface area contributed by atoms with E-state index in [0.717, 1.165) is 34.5 Å². The number of nitrogens with one attached hydrogen (secondary N) is 1. The third-order valence-corrected chi connectivity index (χ3v) is 4.73. The summed E-state index contributed by atoms with van der Waals surface area (Å²) in [5, 5.41) is 3.60. The first-order valence-electron chi connectivity index (χ1n) is 8.00. The van der Waals surface area contributed by atoms with Crippen LogP contribution < -0.4 is 9.73 Å². The zero-order chi connectivity index (χ0) is 20.9. The lowest BCUT2D eigenvalue weighted by molar-refractivity contribution is -0.137. The third-order valence-electron chi connectivity index (χ3n) is 3.59. The van der Waals surface area contributed by atoms with Gasteiger partial charge in [0.15, 0.2) is 0 Å². The molecule has 0 bridgehead atoms. The number of anilines is 1. The monoisotopic (exact) mass is 413 g/mol. The topological polar surface area (TPSA) is 78.8 Å². The van der Waals surface area contributed by atoms with Crippen LogP contribution in [0, 0.1) is 6.92 Å². The largest absolute Gasteiger partial charge is 0.416 e. The van der Waals surface area contributed by atoms with Crippen molar-refractivity contribution in [2.45, 2.75) is 13.1 Å². The van der Waals surface area contributed by atoms with Crippen LogP contribution in [-0.2, 0) is 21.0 Å². The molecule has 6 nitrogen and oxygen atoms in total. The van der Waals surface area contributed by atoms with E-state index in [1.807, 2.05) is 0 Å². The fourth-order valence-corrected chi connectivity index (χ4v) is 3.17. The highest BCUT2D eigenvalue weighted by molar-refractivity contribution is 7.92. The summed E-state index contributed by atoms with van der Waals surface area (Å²) in [6.45, 7) is 1.26. The van der Waals surface area contributed by atoms with Crippen LogP contribution in [0.2, 0.25) is 0 Å². The molecule has 0 aliphatic carbocycles. The minimum atomic E-state index is -4.49. The predicted molar refractivity (Wildman–Crippen MR) is 101 cm³/mol. The van der Waals surface area contributed by atoms with Crippen LogP contribution in [0.4, 0.5) is 18.9 Å². The van der Waals surface area contributed by atoms with E-state index in [1.54, 1.807) is 31.2 Å². The first kappa shape index (κ1) is 21.4. The molecule has 150 valence electrons. The Hall–Kier alpha value is -2.88. The standard InChI is InChI=1S/C18H18F3N3O3S/c1-13-5-3-8-16(9-13)24(28(2,26)27)12-17(25)23-22-11-14-6-4-7-15(10-14)18(19,20)21/h3-11H,12H2,1-2H3,(H,23,25)/b22-11-. The summed E-state index contributed by atoms with van der Waals surface area (Å²) < 4.78 is 63.0. The second-order valence-electron chi connectivity index (χ2n) is 6.03. The van der Waals surface area contributed by atoms with Gasteiger partial charge in [-0.25, -0.2) is 13.8 Å². The summed E-state index contributed by atoms with van der Waals surface area (Å²) in [5.74, 6) is -0.741. The van der Waals surface area contributed by atoms with Gasteiger partial charge < -0.3 is 0 Å². The lowest BCUT2D eigenvalue weighted by Gasteiger charge is -2.21. The zero-order valence-corrected chi connectivity index (χ0v) is 15.9. The van der Waals surface area contributed by atoms with Gasteiger partial charge in [0.1, 0.15) is 6.54 Å². The van der Waals surface area contributed by atoms with Crippen molar-refractivity contribution in [1.29, 1.82) is 0 Å². The molecule has 0 aliphatic heterocycles. The maximum absolute atomic E-state index is 12.7. The lowest BCUT2D eigenvalue weighted by Crippen LogP contribution is -2.39. The molecular formula is C18H18F3N3O3S. The molecular weight excluding hydrogens is 395 g/mol. The number of rotatable bonds is 6. The van der Waals surface area contributed by atoms with Gasteiger partial charge in [0.25, 0.3) is 5.91 Å². The summed E-state index contributed by atoms with van der Waals surface area (Å²) in [7, 11) is -3.73. The van der Waals surface area contributed by atoms with Crippen molar-refractivity contribution in [2.75, 3.05) is 17.1 Å². The van der Waals surface area contributed by atoms with Gasteiger partial charge in [-0.2, -0.15) is 18.3 Å². The summed E-state index contributed by atoms with van der Waals surface area (Å²) in [6, 6.07) is 11.0. The molecule has 0 saturated carbocycles. The van der Waals surface area contributed by atoms with E-state index < -0.39 is 34.2 Å². The Bertz CT molecular complexity index is 989. The molecule has 10 heteroatoms. The number of nitrogens with zero attached hydrogens (tertiary/aromatic N) is 2. The van der Waals surface area contributed by atoms with Gasteiger partial charge in [0, 0.05) is 0 Å². The molecule has 0 fully saturated rings. The predicted octanol–water partition coefficient (Wildman–Crippen LogP) is 2.93. The van der Waals surface area contributed by atoms with Crippen LogP contribution in [0.3, 0.4) is 0 Å². The number of sulfonamides is 1. The number of hydrogen-bond donors (Lipinski definition) is 1. The molecule has 2 aromatic carbocycles. The van der Waals surface area contributed by atoms with Crippen molar-refractivity contribution in [3.8, 4) is 0 Å². The second kappa shape index (κ2) is 8.42. The van der Waals surface area contributed by atoms with E-state index in [9.17, 15) is 26.4 Å². The molecule has 0 saturated heterocycles. The average Bonchev–Trinajstić information content (AvgIpc) is 2.58. The number of aryl methyl sites for hydroxylation is 1. The highest BCUT2D eigenvalue weighted by Gasteiger charge is 2.30. The number of alkyl halides is 3. The molecule has 0 aliphatic rings. The van der Waals surface area contributed by atoms with E-state index in [2.05, 4.69) is 10.5 Å². The first-order chi connectivity index (χ1) is 13.0. The van der Waals surface area contributed by atoms with E-state index in [-0.39, 0.29) is 5.56 Å². The van der Waals surface area contributed by atoms with Crippen molar-refractivity contribution in [3.63, 3.8) is 0 Å². The van der Waals surface area contributed by atoms with Crippen molar-refractivity contribution in [3.05, 3.63) is 65.2 Å². The van der Waals surface area contributed by atoms with Crippen molar-refractivity contribution >= 4 is 27.8 Å². The maximum Gasteiger partial charge on any atom is 0.416 e. The van der Waals surface area contributed by atoms with Crippen LogP contribution in [-0.4, -0.2) is 33.3 Å². The minimum Gasteiger partial charge on any atom is -0.271 e. The maximum atomic E-state index is 12.7. The lowest BCUT2D eigenvalue weighted by atomic mass is 10.1. The molecule has 28 heavy (non-hydrogen) atoms. The Morgan fingerprint density at radius 3 is 2.46 bits per heavy atom. The molecule has 0 atom stereocenters. The van der Waals surface area contributed by atoms with Gasteiger partial charge in [0.2, 0.25) is 10.0 Å². The second-order valence-corrected chi connectivity index (χ2v) is 7.93. The summed E-state index contributed by atoms with van der Waals surface area (Å²) in [5.41, 5.74) is 2.54. The highest BCUT2D eigenvalue weighted by atomic mass is 32.2. The molecule has 0 radical (unpaired) electrons. The number of hydrogen-bond acceptors (Lipinski definition) is 4. The van der Waals surface area contributed by atoms with Crippen LogP contribution in [0.15, 0.2) is 53.6 Å². The minimum absolute atomic E-state index is 0.133. The quantitative estimate of drug-likeness (QED) is 0.584. The Morgan fingerprint density at radius 2 is 1.86 bits per heavy atom. The normalized spacial score (nSPS) is 12.2. The fraction of sp³-hybridized carbons (Fsp3) is 0.222. The van der Waals surface area contributed by atoms with Crippen molar-refractivity contribution < 1.29 is 26.4 Å². The molecule has 0 aromatic heterocycles. The smallest absolute Gasteiger partial charge is 0.271 e. The van der Waals surface area contributed by atoms with Crippen molar-refractivity contribution in [2.24, 2.45) is 5.10 Å².